The minimum atomic E-state index is 0.380. The number of nitrogens with zero attached hydrogens (tertiary/aromatic N) is 2. The molecule has 39 heavy (non-hydrogen) atoms. The molecule has 5 aromatic carbocycles. The molecule has 7 rings (SSSR count). The summed E-state index contributed by atoms with van der Waals surface area (Å²) in [4.78, 5) is 3.89. The van der Waals surface area contributed by atoms with Crippen molar-refractivity contribution in [3.05, 3.63) is 139 Å². The summed E-state index contributed by atoms with van der Waals surface area (Å²) in [5, 5.41) is 13.8. The van der Waals surface area contributed by atoms with Gasteiger partial charge in [0.15, 0.2) is 0 Å². The number of aromatic nitrogens is 1. The molecule has 4 heteroatoms. The summed E-state index contributed by atoms with van der Waals surface area (Å²) in [6.07, 6.45) is 3.04. The second-order valence-corrected chi connectivity index (χ2v) is 9.37. The minimum Gasteiger partial charge on any atom is -0.470 e. The lowest BCUT2D eigenvalue weighted by Crippen LogP contribution is -2.02. The number of nitrogens with one attached hydrogen (secondary N) is 1. The molecule has 0 aliphatic carbocycles. The SMILES string of the molecule is C=Nc1cocc1C(=N)c1ccccc1-c1ccccc1.Cn1c2ccccc2c2c3ccccc3ccc21. The first-order chi connectivity index (χ1) is 19.2. The number of benzene rings is 5. The summed E-state index contributed by atoms with van der Waals surface area (Å²) < 4.78 is 7.43. The Morgan fingerprint density at radius 2 is 1.38 bits per heavy atom. The first-order valence-corrected chi connectivity index (χ1v) is 12.8. The molecule has 0 amide bonds. The van der Waals surface area contributed by atoms with Gasteiger partial charge in [-0.15, -0.1) is 0 Å². The predicted octanol–water partition coefficient (Wildman–Crippen LogP) is 9.18. The van der Waals surface area contributed by atoms with Gasteiger partial charge in [0.1, 0.15) is 18.2 Å². The van der Waals surface area contributed by atoms with Crippen molar-refractivity contribution in [2.24, 2.45) is 12.0 Å². The van der Waals surface area contributed by atoms with Gasteiger partial charge in [0.2, 0.25) is 0 Å². The van der Waals surface area contributed by atoms with Gasteiger partial charge in [0.05, 0.1) is 11.3 Å². The monoisotopic (exact) mass is 505 g/mol. The number of hydrogen-bond donors (Lipinski definition) is 1. The van der Waals surface area contributed by atoms with Crippen LogP contribution in [0.4, 0.5) is 5.69 Å². The first-order valence-electron chi connectivity index (χ1n) is 12.8. The highest BCUT2D eigenvalue weighted by Gasteiger charge is 2.15. The standard InChI is InChI=1S/C18H14N2O.C17H13N/c1-20-17-12-21-11-16(17)18(19)15-10-6-5-9-14(15)13-7-3-2-4-8-13;1-18-15-9-5-4-8-14(15)17-13-7-3-2-6-12(13)10-11-16(17)18/h2-12,19H,1H2;2-11H,1H3. The number of rotatable bonds is 4. The zero-order chi connectivity index (χ0) is 26.8. The van der Waals surface area contributed by atoms with Crippen molar-refractivity contribution < 1.29 is 4.42 Å². The number of fused-ring (bicyclic) bond motifs is 5. The Labute approximate surface area is 227 Å². The Morgan fingerprint density at radius 3 is 2.21 bits per heavy atom. The van der Waals surface area contributed by atoms with E-state index in [1.807, 2.05) is 54.6 Å². The fraction of sp³-hybridized carbons (Fsp3) is 0.0286. The maximum Gasteiger partial charge on any atom is 0.117 e. The fourth-order valence-electron chi connectivity index (χ4n) is 5.25. The molecule has 0 fully saturated rings. The van der Waals surface area contributed by atoms with E-state index < -0.39 is 0 Å². The molecule has 0 atom stereocenters. The van der Waals surface area contributed by atoms with Crippen LogP contribution in [0.1, 0.15) is 11.1 Å². The van der Waals surface area contributed by atoms with Crippen LogP contribution in [0.2, 0.25) is 0 Å². The Hall–Kier alpha value is -5.22. The van der Waals surface area contributed by atoms with Crippen LogP contribution < -0.4 is 0 Å². The summed E-state index contributed by atoms with van der Waals surface area (Å²) in [6, 6.07) is 39.5. The molecule has 7 aromatic rings. The predicted molar refractivity (Wildman–Crippen MR) is 164 cm³/mol. The van der Waals surface area contributed by atoms with Crippen LogP contribution in [0.15, 0.2) is 137 Å². The van der Waals surface area contributed by atoms with Gasteiger partial charge in [0, 0.05) is 34.4 Å². The zero-order valence-corrected chi connectivity index (χ0v) is 21.6. The average Bonchev–Trinajstić information content (AvgIpc) is 3.60. The van der Waals surface area contributed by atoms with Gasteiger partial charge in [-0.25, -0.2) is 0 Å². The number of para-hydroxylation sites is 1. The maximum atomic E-state index is 8.47. The normalized spacial score (nSPS) is 10.9. The van der Waals surface area contributed by atoms with E-state index in [0.717, 1.165) is 16.7 Å². The van der Waals surface area contributed by atoms with Gasteiger partial charge in [-0.3, -0.25) is 10.4 Å². The summed E-state index contributed by atoms with van der Waals surface area (Å²) in [7, 11) is 2.14. The third-order valence-corrected chi connectivity index (χ3v) is 7.17. The Bertz CT molecular complexity index is 1960. The van der Waals surface area contributed by atoms with Gasteiger partial charge in [0.25, 0.3) is 0 Å². The molecule has 188 valence electrons. The van der Waals surface area contributed by atoms with Crippen molar-refractivity contribution in [3.63, 3.8) is 0 Å². The van der Waals surface area contributed by atoms with Crippen LogP contribution in [0, 0.1) is 5.41 Å². The number of furan rings is 1. The zero-order valence-electron chi connectivity index (χ0n) is 21.6. The van der Waals surface area contributed by atoms with Gasteiger partial charge in [-0.05, 0) is 40.7 Å². The second-order valence-electron chi connectivity index (χ2n) is 9.37. The quantitative estimate of drug-likeness (QED) is 0.238. The van der Waals surface area contributed by atoms with Crippen LogP contribution >= 0.6 is 0 Å². The van der Waals surface area contributed by atoms with E-state index in [-0.39, 0.29) is 0 Å². The molecule has 0 spiro atoms. The molecule has 0 radical (unpaired) electrons. The third-order valence-electron chi connectivity index (χ3n) is 7.17. The smallest absolute Gasteiger partial charge is 0.117 e. The fourth-order valence-corrected chi connectivity index (χ4v) is 5.25. The second kappa shape index (κ2) is 10.3. The van der Waals surface area contributed by atoms with Crippen LogP contribution in [0.3, 0.4) is 0 Å². The van der Waals surface area contributed by atoms with Crippen LogP contribution in [0.25, 0.3) is 43.7 Å². The van der Waals surface area contributed by atoms with E-state index in [4.69, 9.17) is 9.83 Å². The lowest BCUT2D eigenvalue weighted by molar-refractivity contribution is 0.567. The van der Waals surface area contributed by atoms with Crippen molar-refractivity contribution in [2.75, 3.05) is 0 Å². The molecular formula is C35H27N3O. The van der Waals surface area contributed by atoms with Crippen molar-refractivity contribution in [1.82, 2.24) is 4.57 Å². The summed E-state index contributed by atoms with van der Waals surface area (Å²) in [5.41, 5.74) is 7.14. The van der Waals surface area contributed by atoms with E-state index in [1.165, 1.54) is 45.1 Å². The summed E-state index contributed by atoms with van der Waals surface area (Å²) in [5.74, 6) is 0. The van der Waals surface area contributed by atoms with Gasteiger partial charge in [-0.1, -0.05) is 103 Å². The van der Waals surface area contributed by atoms with Gasteiger partial charge < -0.3 is 8.98 Å². The molecular weight excluding hydrogens is 478 g/mol. The van der Waals surface area contributed by atoms with E-state index in [2.05, 4.69) is 84.0 Å². The van der Waals surface area contributed by atoms with Crippen LogP contribution in [-0.4, -0.2) is 17.0 Å². The van der Waals surface area contributed by atoms with Crippen molar-refractivity contribution in [3.8, 4) is 11.1 Å². The molecule has 0 aliphatic rings. The molecule has 0 saturated carbocycles. The van der Waals surface area contributed by atoms with Gasteiger partial charge >= 0.3 is 0 Å². The molecule has 0 bridgehead atoms. The third kappa shape index (κ3) is 4.32. The van der Waals surface area contributed by atoms with E-state index in [1.54, 1.807) is 0 Å². The number of aryl methyl sites for hydroxylation is 1. The average molecular weight is 506 g/mol. The Balaban J connectivity index is 0.000000143. The molecule has 1 N–H and O–H groups in total. The molecule has 0 saturated heterocycles. The number of hydrogen-bond acceptors (Lipinski definition) is 3. The number of aliphatic imine (C=N–C) groups is 1. The largest absolute Gasteiger partial charge is 0.470 e. The van der Waals surface area contributed by atoms with Crippen molar-refractivity contribution >= 4 is 50.7 Å². The molecule has 0 unspecified atom stereocenters. The lowest BCUT2D eigenvalue weighted by atomic mass is 9.94. The van der Waals surface area contributed by atoms with Crippen molar-refractivity contribution in [1.29, 1.82) is 5.41 Å². The van der Waals surface area contributed by atoms with Crippen molar-refractivity contribution in [2.45, 2.75) is 0 Å². The lowest BCUT2D eigenvalue weighted by Gasteiger charge is -2.10. The Kier molecular flexibility index (Phi) is 6.36. The minimum absolute atomic E-state index is 0.380. The Morgan fingerprint density at radius 1 is 0.692 bits per heavy atom. The van der Waals surface area contributed by atoms with E-state index in [9.17, 15) is 0 Å². The first kappa shape index (κ1) is 24.1. The highest BCUT2D eigenvalue weighted by molar-refractivity contribution is 6.20. The highest BCUT2D eigenvalue weighted by atomic mass is 16.3. The van der Waals surface area contributed by atoms with Gasteiger partial charge in [-0.2, -0.15) is 0 Å². The summed E-state index contributed by atoms with van der Waals surface area (Å²) in [6.45, 7) is 3.51. The molecule has 0 aliphatic heterocycles. The summed E-state index contributed by atoms with van der Waals surface area (Å²) >= 11 is 0. The van der Waals surface area contributed by atoms with E-state index in [0.29, 0.717) is 17.0 Å². The highest BCUT2D eigenvalue weighted by Crippen LogP contribution is 2.34. The topological polar surface area (TPSA) is 54.3 Å². The molecule has 2 aromatic heterocycles. The molecule has 4 nitrogen and oxygen atoms in total. The molecule has 2 heterocycles. The van der Waals surface area contributed by atoms with E-state index >= 15 is 0 Å². The van der Waals surface area contributed by atoms with Crippen LogP contribution in [-0.2, 0) is 7.05 Å². The van der Waals surface area contributed by atoms with Crippen LogP contribution in [0.5, 0.6) is 0 Å². The maximum absolute atomic E-state index is 8.47.